The minimum absolute atomic E-state index is 0.294. The molecule has 0 atom stereocenters. The van der Waals surface area contributed by atoms with Gasteiger partial charge in [-0.25, -0.2) is 4.98 Å². The number of anilines is 5. The van der Waals surface area contributed by atoms with Crippen molar-refractivity contribution in [3.05, 3.63) is 66.6 Å². The van der Waals surface area contributed by atoms with Crippen molar-refractivity contribution in [1.29, 1.82) is 5.26 Å². The van der Waals surface area contributed by atoms with Crippen LogP contribution in [0.15, 0.2) is 55.5 Å². The van der Waals surface area contributed by atoms with Crippen LogP contribution < -0.4 is 20.9 Å². The lowest BCUT2D eigenvalue weighted by Gasteiger charge is -2.35. The van der Waals surface area contributed by atoms with Crippen molar-refractivity contribution in [2.75, 3.05) is 53.6 Å². The molecule has 1 aliphatic rings. The number of carbonyl (C=O) groups excluding carboxylic acids is 1. The molecule has 1 aliphatic heterocycles. The molecule has 186 valence electrons. The van der Waals surface area contributed by atoms with Crippen LogP contribution in [0.2, 0.25) is 0 Å². The molecule has 10 nitrogen and oxygen atoms in total. The molecule has 36 heavy (non-hydrogen) atoms. The van der Waals surface area contributed by atoms with Gasteiger partial charge in [0.05, 0.1) is 28.8 Å². The van der Waals surface area contributed by atoms with Gasteiger partial charge in [-0.05, 0) is 30.8 Å². The Hall–Kier alpha value is -4.36. The van der Waals surface area contributed by atoms with Gasteiger partial charge in [-0.3, -0.25) is 9.48 Å². The monoisotopic (exact) mass is 485 g/mol. The van der Waals surface area contributed by atoms with E-state index in [1.165, 1.54) is 12.3 Å². The summed E-state index contributed by atoms with van der Waals surface area (Å²) in [6, 6.07) is 9.90. The van der Waals surface area contributed by atoms with Crippen LogP contribution in [0.4, 0.5) is 28.6 Å². The Labute approximate surface area is 211 Å². The highest BCUT2D eigenvalue weighted by Crippen LogP contribution is 2.31. The van der Waals surface area contributed by atoms with Crippen LogP contribution in [0, 0.1) is 11.3 Å². The van der Waals surface area contributed by atoms with Crippen molar-refractivity contribution in [3.8, 4) is 6.07 Å². The fraction of sp³-hybridized carbons (Fsp3) is 0.308. The summed E-state index contributed by atoms with van der Waals surface area (Å²) in [5.41, 5.74) is 4.45. The predicted molar refractivity (Wildman–Crippen MR) is 142 cm³/mol. The SMILES string of the molecule is C=CC(=O)Nc1cc(N2CCN(CC)CC2)ccc1Nc1cc(NCc2cnn(C)c2)c(C#N)cn1. The standard InChI is InChI=1S/C26H31N9O/c1-4-26(36)32-24-12-21(35-10-8-34(5-2)9-11-35)6-7-22(24)31-25-13-23(20(14-27)17-29-25)28-15-19-16-30-33(3)18-19/h4,6-7,12-13,16-18H,1,5,8-11,15H2,2-3H3,(H,32,36)(H2,28,29,31). The zero-order chi connectivity index (χ0) is 25.5. The molecular weight excluding hydrogens is 454 g/mol. The van der Waals surface area contributed by atoms with E-state index in [0.717, 1.165) is 44.0 Å². The predicted octanol–water partition coefficient (Wildman–Crippen LogP) is 3.31. The van der Waals surface area contributed by atoms with Gasteiger partial charge in [-0.15, -0.1) is 0 Å². The number of hydrogen-bond acceptors (Lipinski definition) is 8. The molecular formula is C26H31N9O. The van der Waals surface area contributed by atoms with Crippen LogP contribution in [-0.4, -0.2) is 58.3 Å². The fourth-order valence-corrected chi connectivity index (χ4v) is 4.10. The number of pyridine rings is 1. The molecule has 1 saturated heterocycles. The van der Waals surface area contributed by atoms with E-state index in [1.807, 2.05) is 31.4 Å². The van der Waals surface area contributed by atoms with E-state index in [9.17, 15) is 10.1 Å². The topological polar surface area (TPSA) is 114 Å². The van der Waals surface area contributed by atoms with Gasteiger partial charge in [0.1, 0.15) is 11.9 Å². The average Bonchev–Trinajstić information content (AvgIpc) is 3.33. The van der Waals surface area contributed by atoms with Gasteiger partial charge in [0.15, 0.2) is 0 Å². The van der Waals surface area contributed by atoms with Crippen LogP contribution in [0.1, 0.15) is 18.1 Å². The normalized spacial score (nSPS) is 13.6. The molecule has 0 spiro atoms. The number of nitrogens with zero attached hydrogens (tertiary/aromatic N) is 6. The highest BCUT2D eigenvalue weighted by atomic mass is 16.1. The van der Waals surface area contributed by atoms with E-state index >= 15 is 0 Å². The third kappa shape index (κ3) is 6.00. The Morgan fingerprint density at radius 2 is 1.97 bits per heavy atom. The number of rotatable bonds is 9. The number of amides is 1. The van der Waals surface area contributed by atoms with Gasteiger partial charge >= 0.3 is 0 Å². The van der Waals surface area contributed by atoms with Gasteiger partial charge in [0.2, 0.25) is 5.91 Å². The summed E-state index contributed by atoms with van der Waals surface area (Å²) in [6.07, 6.45) is 6.46. The van der Waals surface area contributed by atoms with E-state index in [-0.39, 0.29) is 5.91 Å². The highest BCUT2D eigenvalue weighted by molar-refractivity contribution is 6.02. The van der Waals surface area contributed by atoms with E-state index in [0.29, 0.717) is 35.0 Å². The Morgan fingerprint density at radius 3 is 2.64 bits per heavy atom. The van der Waals surface area contributed by atoms with E-state index in [2.05, 4.69) is 55.4 Å². The van der Waals surface area contributed by atoms with E-state index < -0.39 is 0 Å². The first-order chi connectivity index (χ1) is 17.5. The summed E-state index contributed by atoms with van der Waals surface area (Å²) in [4.78, 5) is 21.3. The van der Waals surface area contributed by atoms with Gasteiger partial charge in [0.25, 0.3) is 0 Å². The molecule has 3 heterocycles. The maximum absolute atomic E-state index is 12.2. The van der Waals surface area contributed by atoms with Crippen LogP contribution in [0.5, 0.6) is 0 Å². The summed E-state index contributed by atoms with van der Waals surface area (Å²) in [6.45, 7) is 11.2. The van der Waals surface area contributed by atoms with Gasteiger partial charge < -0.3 is 25.8 Å². The molecule has 1 aromatic carbocycles. The Morgan fingerprint density at radius 1 is 1.17 bits per heavy atom. The first kappa shape index (κ1) is 24.8. The average molecular weight is 486 g/mol. The first-order valence-electron chi connectivity index (χ1n) is 11.9. The second-order valence-corrected chi connectivity index (χ2v) is 8.57. The zero-order valence-corrected chi connectivity index (χ0v) is 20.7. The van der Waals surface area contributed by atoms with Crippen LogP contribution in [-0.2, 0) is 18.4 Å². The molecule has 0 aliphatic carbocycles. The number of carbonyl (C=O) groups is 1. The van der Waals surface area contributed by atoms with E-state index in [4.69, 9.17) is 0 Å². The van der Waals surface area contributed by atoms with E-state index in [1.54, 1.807) is 16.9 Å². The number of likely N-dealkylation sites (N-methyl/N-ethyl adjacent to an activating group) is 1. The summed E-state index contributed by atoms with van der Waals surface area (Å²) in [5, 5.41) is 23.2. The lowest BCUT2D eigenvalue weighted by Crippen LogP contribution is -2.46. The Kier molecular flexibility index (Phi) is 7.82. The smallest absolute Gasteiger partial charge is 0.247 e. The van der Waals surface area contributed by atoms with Crippen molar-refractivity contribution < 1.29 is 4.79 Å². The molecule has 0 unspecified atom stereocenters. The number of nitrogens with one attached hydrogen (secondary N) is 3. The maximum atomic E-state index is 12.2. The van der Waals surface area contributed by atoms with Crippen molar-refractivity contribution in [3.63, 3.8) is 0 Å². The quantitative estimate of drug-likeness (QED) is 0.396. The van der Waals surface area contributed by atoms with Crippen LogP contribution in [0.3, 0.4) is 0 Å². The maximum Gasteiger partial charge on any atom is 0.247 e. The molecule has 4 rings (SSSR count). The number of hydrogen-bond donors (Lipinski definition) is 3. The molecule has 3 aromatic rings. The third-order valence-electron chi connectivity index (χ3n) is 6.16. The molecule has 1 fully saturated rings. The largest absolute Gasteiger partial charge is 0.380 e. The lowest BCUT2D eigenvalue weighted by atomic mass is 10.2. The lowest BCUT2D eigenvalue weighted by molar-refractivity contribution is -0.111. The number of benzene rings is 1. The zero-order valence-electron chi connectivity index (χ0n) is 20.7. The van der Waals surface area contributed by atoms with Crippen LogP contribution >= 0.6 is 0 Å². The van der Waals surface area contributed by atoms with Gasteiger partial charge in [0, 0.05) is 69.5 Å². The van der Waals surface area contributed by atoms with Crippen molar-refractivity contribution in [1.82, 2.24) is 19.7 Å². The van der Waals surface area contributed by atoms with Gasteiger partial charge in [-0.2, -0.15) is 10.4 Å². The number of aromatic nitrogens is 3. The fourth-order valence-electron chi connectivity index (χ4n) is 4.10. The second kappa shape index (κ2) is 11.4. The molecule has 0 saturated carbocycles. The molecule has 1 amide bonds. The van der Waals surface area contributed by atoms with Crippen molar-refractivity contribution in [2.45, 2.75) is 13.5 Å². The number of nitriles is 1. The number of aryl methyl sites for hydroxylation is 1. The Bertz CT molecular complexity index is 1270. The van der Waals surface area contributed by atoms with Gasteiger partial charge in [-0.1, -0.05) is 13.5 Å². The van der Waals surface area contributed by atoms with Crippen LogP contribution in [0.25, 0.3) is 0 Å². The second-order valence-electron chi connectivity index (χ2n) is 8.57. The minimum Gasteiger partial charge on any atom is -0.380 e. The third-order valence-corrected chi connectivity index (χ3v) is 6.16. The minimum atomic E-state index is -0.294. The summed E-state index contributed by atoms with van der Waals surface area (Å²) >= 11 is 0. The Balaban J connectivity index is 1.56. The molecule has 0 bridgehead atoms. The molecule has 3 N–H and O–H groups in total. The summed E-state index contributed by atoms with van der Waals surface area (Å²) in [5.74, 6) is 0.249. The van der Waals surface area contributed by atoms with Crippen molar-refractivity contribution >= 4 is 34.5 Å². The summed E-state index contributed by atoms with van der Waals surface area (Å²) < 4.78 is 1.73. The molecule has 2 aromatic heterocycles. The first-order valence-corrected chi connectivity index (χ1v) is 11.9. The number of piperazine rings is 1. The summed E-state index contributed by atoms with van der Waals surface area (Å²) in [7, 11) is 1.86. The molecule has 10 heteroatoms. The molecule has 0 radical (unpaired) electrons. The van der Waals surface area contributed by atoms with Crippen molar-refractivity contribution in [2.24, 2.45) is 7.05 Å². The highest BCUT2D eigenvalue weighted by Gasteiger charge is 2.18.